The van der Waals surface area contributed by atoms with Crippen LogP contribution >= 0.6 is 0 Å². The third-order valence-corrected chi connectivity index (χ3v) is 2.15. The number of carbonyl (C=O) groups excluding carboxylic acids is 1. The molecule has 0 saturated heterocycles. The van der Waals surface area contributed by atoms with Gasteiger partial charge in [-0.25, -0.2) is 13.6 Å². The molecule has 0 aromatic heterocycles. The Balaban J connectivity index is 2.85. The number of anilines is 1. The first kappa shape index (κ1) is 12.4. The smallest absolute Gasteiger partial charge is 0.328 e. The lowest BCUT2D eigenvalue weighted by Crippen LogP contribution is -2.30. The summed E-state index contributed by atoms with van der Waals surface area (Å²) < 4.78 is 30.6. The maximum atomic E-state index is 13.3. The first-order valence-electron chi connectivity index (χ1n) is 4.88. The van der Waals surface area contributed by atoms with Gasteiger partial charge in [0.15, 0.2) is 0 Å². The Hall–Kier alpha value is -1.65. The molecule has 1 rings (SSSR count). The normalized spacial score (nSPS) is 12.0. The van der Waals surface area contributed by atoms with E-state index in [0.717, 1.165) is 18.2 Å². The molecule has 0 fully saturated rings. The zero-order chi connectivity index (χ0) is 12.1. The average molecular weight is 229 g/mol. The van der Waals surface area contributed by atoms with Crippen LogP contribution in [0.25, 0.3) is 0 Å². The van der Waals surface area contributed by atoms with Crippen LogP contribution in [-0.2, 0) is 9.53 Å². The van der Waals surface area contributed by atoms with E-state index in [-0.39, 0.29) is 5.69 Å². The standard InChI is InChI=1S/C11H13F2NO2/c1-3-9(11(15)16-2)14-10-6-7(12)4-5-8(10)13/h4-6,9,14H,3H2,1-2H3. The highest BCUT2D eigenvalue weighted by Crippen LogP contribution is 2.17. The van der Waals surface area contributed by atoms with E-state index in [0.29, 0.717) is 6.42 Å². The Kier molecular flexibility index (Phi) is 4.22. The van der Waals surface area contributed by atoms with Gasteiger partial charge in [-0.1, -0.05) is 6.92 Å². The Labute approximate surface area is 92.4 Å². The van der Waals surface area contributed by atoms with Gasteiger partial charge in [0.2, 0.25) is 0 Å². The molecule has 5 heteroatoms. The van der Waals surface area contributed by atoms with Gasteiger partial charge in [0.25, 0.3) is 0 Å². The van der Waals surface area contributed by atoms with E-state index in [1.165, 1.54) is 7.11 Å². The molecule has 0 bridgehead atoms. The van der Waals surface area contributed by atoms with Crippen LogP contribution < -0.4 is 5.32 Å². The van der Waals surface area contributed by atoms with Crippen LogP contribution in [0.2, 0.25) is 0 Å². The number of halogens is 2. The van der Waals surface area contributed by atoms with E-state index in [2.05, 4.69) is 10.1 Å². The molecule has 0 aliphatic rings. The van der Waals surface area contributed by atoms with Crippen molar-refractivity contribution >= 4 is 11.7 Å². The second-order valence-electron chi connectivity index (χ2n) is 3.25. The highest BCUT2D eigenvalue weighted by atomic mass is 19.1. The number of rotatable bonds is 4. The molecule has 1 unspecified atom stereocenters. The summed E-state index contributed by atoms with van der Waals surface area (Å²) in [6.45, 7) is 1.74. The van der Waals surface area contributed by atoms with Gasteiger partial charge in [0.1, 0.15) is 17.7 Å². The zero-order valence-corrected chi connectivity index (χ0v) is 9.09. The molecule has 0 spiro atoms. The monoisotopic (exact) mass is 229 g/mol. The van der Waals surface area contributed by atoms with Crippen molar-refractivity contribution in [2.75, 3.05) is 12.4 Å². The van der Waals surface area contributed by atoms with E-state index < -0.39 is 23.6 Å². The summed E-state index contributed by atoms with van der Waals surface area (Å²) in [6.07, 6.45) is 0.419. The minimum atomic E-state index is -0.679. The second-order valence-corrected chi connectivity index (χ2v) is 3.25. The van der Waals surface area contributed by atoms with Crippen molar-refractivity contribution in [3.05, 3.63) is 29.8 Å². The molecule has 1 N–H and O–H groups in total. The number of nitrogens with one attached hydrogen (secondary N) is 1. The fourth-order valence-corrected chi connectivity index (χ4v) is 1.27. The average Bonchev–Trinajstić information content (AvgIpc) is 2.29. The summed E-state index contributed by atoms with van der Waals surface area (Å²) in [5, 5.41) is 2.60. The van der Waals surface area contributed by atoms with Gasteiger partial charge in [-0.05, 0) is 24.6 Å². The van der Waals surface area contributed by atoms with Gasteiger partial charge in [-0.15, -0.1) is 0 Å². The van der Waals surface area contributed by atoms with Crippen LogP contribution in [0, 0.1) is 11.6 Å². The summed E-state index contributed by atoms with van der Waals surface area (Å²) in [4.78, 5) is 11.2. The molecule has 16 heavy (non-hydrogen) atoms. The number of hydrogen-bond donors (Lipinski definition) is 1. The quantitative estimate of drug-likeness (QED) is 0.805. The van der Waals surface area contributed by atoms with Crippen LogP contribution in [0.1, 0.15) is 13.3 Å². The molecule has 0 radical (unpaired) electrons. The fraction of sp³-hybridized carbons (Fsp3) is 0.364. The Morgan fingerprint density at radius 3 is 2.75 bits per heavy atom. The molecule has 88 valence electrons. The number of hydrogen-bond acceptors (Lipinski definition) is 3. The van der Waals surface area contributed by atoms with Gasteiger partial charge in [-0.3, -0.25) is 0 Å². The number of ether oxygens (including phenoxy) is 1. The third-order valence-electron chi connectivity index (χ3n) is 2.15. The highest BCUT2D eigenvalue weighted by Gasteiger charge is 2.18. The minimum absolute atomic E-state index is 0.0442. The van der Waals surface area contributed by atoms with Crippen LogP contribution in [0.4, 0.5) is 14.5 Å². The van der Waals surface area contributed by atoms with Crippen molar-refractivity contribution in [2.45, 2.75) is 19.4 Å². The molecule has 3 nitrogen and oxygen atoms in total. The van der Waals surface area contributed by atoms with Crippen LogP contribution in [0.15, 0.2) is 18.2 Å². The third kappa shape index (κ3) is 2.92. The van der Waals surface area contributed by atoms with Gasteiger partial charge < -0.3 is 10.1 Å². The van der Waals surface area contributed by atoms with Gasteiger partial charge in [0, 0.05) is 0 Å². The maximum Gasteiger partial charge on any atom is 0.328 e. The molecular weight excluding hydrogens is 216 g/mol. The number of methoxy groups -OCH3 is 1. The van der Waals surface area contributed by atoms with Gasteiger partial charge >= 0.3 is 5.97 Å². The molecule has 0 saturated carbocycles. The van der Waals surface area contributed by atoms with Gasteiger partial charge in [0.05, 0.1) is 12.8 Å². The van der Waals surface area contributed by atoms with Crippen LogP contribution in [0.5, 0.6) is 0 Å². The van der Waals surface area contributed by atoms with E-state index in [1.54, 1.807) is 6.92 Å². The molecule has 1 aromatic rings. The number of carbonyl (C=O) groups is 1. The number of esters is 1. The first-order chi connectivity index (χ1) is 7.58. The van der Waals surface area contributed by atoms with Crippen LogP contribution in [-0.4, -0.2) is 19.1 Å². The summed E-state index contributed by atoms with van der Waals surface area (Å²) in [7, 11) is 1.24. The first-order valence-corrected chi connectivity index (χ1v) is 4.88. The van der Waals surface area contributed by atoms with Crippen molar-refractivity contribution < 1.29 is 18.3 Å². The highest BCUT2D eigenvalue weighted by molar-refractivity contribution is 5.79. The topological polar surface area (TPSA) is 38.3 Å². The fourth-order valence-electron chi connectivity index (χ4n) is 1.27. The zero-order valence-electron chi connectivity index (χ0n) is 9.09. The lowest BCUT2D eigenvalue weighted by molar-refractivity contribution is -0.141. The largest absolute Gasteiger partial charge is 0.467 e. The molecule has 0 amide bonds. The van der Waals surface area contributed by atoms with Crippen molar-refractivity contribution in [3.63, 3.8) is 0 Å². The van der Waals surface area contributed by atoms with Crippen molar-refractivity contribution in [3.8, 4) is 0 Å². The minimum Gasteiger partial charge on any atom is -0.467 e. The summed E-state index contributed by atoms with van der Waals surface area (Å²) in [5.41, 5.74) is -0.0442. The van der Waals surface area contributed by atoms with E-state index in [4.69, 9.17) is 0 Å². The van der Waals surface area contributed by atoms with E-state index in [9.17, 15) is 13.6 Å². The van der Waals surface area contributed by atoms with E-state index >= 15 is 0 Å². The Morgan fingerprint density at radius 1 is 1.50 bits per heavy atom. The lowest BCUT2D eigenvalue weighted by atomic mass is 10.2. The van der Waals surface area contributed by atoms with E-state index in [1.807, 2.05) is 0 Å². The molecular formula is C11H13F2NO2. The summed E-state index contributed by atoms with van der Waals surface area (Å²) in [6, 6.07) is 2.34. The Morgan fingerprint density at radius 2 is 2.19 bits per heavy atom. The van der Waals surface area contributed by atoms with Gasteiger partial charge in [-0.2, -0.15) is 0 Å². The Bertz CT molecular complexity index is 382. The number of benzene rings is 1. The second kappa shape index (κ2) is 5.44. The van der Waals surface area contributed by atoms with Crippen molar-refractivity contribution in [1.29, 1.82) is 0 Å². The molecule has 1 atom stereocenters. The predicted octanol–water partition coefficient (Wildman–Crippen LogP) is 2.33. The molecule has 1 aromatic carbocycles. The summed E-state index contributed by atoms with van der Waals surface area (Å²) >= 11 is 0. The lowest BCUT2D eigenvalue weighted by Gasteiger charge is -2.16. The predicted molar refractivity (Wildman–Crippen MR) is 56.1 cm³/mol. The van der Waals surface area contributed by atoms with Crippen LogP contribution in [0.3, 0.4) is 0 Å². The molecule has 0 heterocycles. The van der Waals surface area contributed by atoms with Crippen molar-refractivity contribution in [1.82, 2.24) is 0 Å². The summed E-state index contributed by atoms with van der Waals surface area (Å²) in [5.74, 6) is -1.68. The molecule has 0 aliphatic carbocycles. The maximum absolute atomic E-state index is 13.3. The SMILES string of the molecule is CCC(Nc1cc(F)ccc1F)C(=O)OC. The van der Waals surface area contributed by atoms with Crippen molar-refractivity contribution in [2.24, 2.45) is 0 Å². The molecule has 0 aliphatic heterocycles.